The summed E-state index contributed by atoms with van der Waals surface area (Å²) < 4.78 is 0. The number of allylic oxidation sites excluding steroid dienone is 1. The van der Waals surface area contributed by atoms with Gasteiger partial charge in [-0.15, -0.1) is 0 Å². The van der Waals surface area contributed by atoms with Gasteiger partial charge in [-0.25, -0.2) is 0 Å². The van der Waals surface area contributed by atoms with Gasteiger partial charge in [0.05, 0.1) is 0 Å². The third-order valence-corrected chi connectivity index (χ3v) is 1.39. The zero-order chi connectivity index (χ0) is 9.23. The molecule has 0 radical (unpaired) electrons. The van der Waals surface area contributed by atoms with E-state index in [1.54, 1.807) is 0 Å². The van der Waals surface area contributed by atoms with E-state index in [-0.39, 0.29) is 36.0 Å². The molecule has 13 heavy (non-hydrogen) atoms. The van der Waals surface area contributed by atoms with Crippen molar-refractivity contribution in [2.45, 2.75) is 26.2 Å². The fourth-order valence-electron chi connectivity index (χ4n) is 0.744. The number of carboxylic acid groups (broad SMARTS) is 1. The zero-order valence-electron chi connectivity index (χ0n) is 8.51. The van der Waals surface area contributed by atoms with Crippen LogP contribution in [0.1, 0.15) is 26.2 Å². The Morgan fingerprint density at radius 2 is 2.15 bits per heavy atom. The van der Waals surface area contributed by atoms with Crippen molar-refractivity contribution in [3.05, 3.63) is 12.2 Å². The molecule has 0 aliphatic carbocycles. The van der Waals surface area contributed by atoms with E-state index in [1.165, 1.54) is 0 Å². The van der Waals surface area contributed by atoms with Crippen molar-refractivity contribution in [1.29, 1.82) is 0 Å². The molecule has 0 aromatic heterocycles. The van der Waals surface area contributed by atoms with Crippen molar-refractivity contribution in [3.8, 4) is 0 Å². The minimum absolute atomic E-state index is 0. The van der Waals surface area contributed by atoms with Gasteiger partial charge in [0.2, 0.25) is 0 Å². The molecule has 0 fully saturated rings. The summed E-state index contributed by atoms with van der Waals surface area (Å²) >= 11 is 0. The predicted molar refractivity (Wildman–Crippen MR) is 46.5 cm³/mol. The second-order valence-corrected chi connectivity index (χ2v) is 2.59. The van der Waals surface area contributed by atoms with Gasteiger partial charge in [0.15, 0.2) is 0 Å². The first-order valence-corrected chi connectivity index (χ1v) is 4.33. The first kappa shape index (κ1) is 15.6. The number of nitrogens with one attached hydrogen (secondary N) is 1. The zero-order valence-corrected chi connectivity index (χ0v) is 10.5. The van der Waals surface area contributed by atoms with Crippen LogP contribution in [-0.4, -0.2) is 19.1 Å². The number of aliphatic carboxylic acids is 1. The maximum atomic E-state index is 9.97. The van der Waals surface area contributed by atoms with Crippen LogP contribution < -0.4 is 40.0 Å². The van der Waals surface area contributed by atoms with E-state index < -0.39 is 5.97 Å². The molecule has 0 aromatic carbocycles. The molecule has 0 aliphatic rings. The van der Waals surface area contributed by atoms with Gasteiger partial charge in [-0.3, -0.25) is 0 Å². The number of carbonyl (C=O) groups excluding carboxylic acids is 1. The monoisotopic (exact) mass is 193 g/mol. The summed E-state index contributed by atoms with van der Waals surface area (Å²) in [6.45, 7) is 3.35. The van der Waals surface area contributed by atoms with Gasteiger partial charge in [0.1, 0.15) is 0 Å². The van der Waals surface area contributed by atoms with E-state index in [2.05, 4.69) is 18.3 Å². The summed E-state index contributed by atoms with van der Waals surface area (Å²) in [7, 11) is 0. The average molecular weight is 193 g/mol. The summed E-state index contributed by atoms with van der Waals surface area (Å²) in [5.74, 6) is -1.000. The third-order valence-electron chi connectivity index (χ3n) is 1.39. The molecule has 0 heterocycles. The van der Waals surface area contributed by atoms with Crippen molar-refractivity contribution < 1.29 is 39.5 Å². The molecule has 0 saturated carbocycles. The van der Waals surface area contributed by atoms with Crippen LogP contribution in [0.5, 0.6) is 0 Å². The number of carboxylic acids is 1. The largest absolute Gasteiger partial charge is 1.00 e. The van der Waals surface area contributed by atoms with Crippen molar-refractivity contribution in [3.63, 3.8) is 0 Å². The second-order valence-electron chi connectivity index (χ2n) is 2.59. The first-order chi connectivity index (χ1) is 5.77. The van der Waals surface area contributed by atoms with Crippen molar-refractivity contribution in [2.24, 2.45) is 0 Å². The number of rotatable bonds is 7. The van der Waals surface area contributed by atoms with Gasteiger partial charge in [0.25, 0.3) is 0 Å². The first-order valence-electron chi connectivity index (χ1n) is 4.33. The van der Waals surface area contributed by atoms with E-state index in [0.717, 1.165) is 19.4 Å². The number of unbranched alkanes of at least 4 members (excludes halogenated alkanes) is 1. The Morgan fingerprint density at radius 3 is 2.69 bits per heavy atom. The molecule has 3 nitrogen and oxygen atoms in total. The molecule has 1 N–H and O–H groups in total. The summed E-state index contributed by atoms with van der Waals surface area (Å²) in [5, 5.41) is 12.9. The Balaban J connectivity index is 0. The molecule has 4 heteroatoms. The van der Waals surface area contributed by atoms with Crippen LogP contribution in [0.25, 0.3) is 0 Å². The average Bonchev–Trinajstić information content (AvgIpc) is 2.02. The summed E-state index contributed by atoms with van der Waals surface area (Å²) in [4.78, 5) is 9.97. The van der Waals surface area contributed by atoms with Crippen molar-refractivity contribution >= 4 is 5.97 Å². The molecular weight excluding hydrogens is 177 g/mol. The molecule has 0 saturated heterocycles. The Hall–Kier alpha value is 0.170. The predicted octanol–water partition coefficient (Wildman–Crippen LogP) is -2.92. The molecule has 0 bridgehead atoms. The van der Waals surface area contributed by atoms with Gasteiger partial charge in [0, 0.05) is 19.1 Å². The molecule has 70 valence electrons. The molecule has 0 amide bonds. The van der Waals surface area contributed by atoms with Crippen LogP contribution in [-0.2, 0) is 4.79 Å². The summed E-state index contributed by atoms with van der Waals surface area (Å²) in [6, 6.07) is 0. The molecular formula is C9H16NNaO2. The maximum absolute atomic E-state index is 9.97. The number of carbonyl (C=O) groups is 1. The fourth-order valence-corrected chi connectivity index (χ4v) is 0.744. The molecule has 0 aromatic rings. The molecule has 0 atom stereocenters. The normalized spacial score (nSPS) is 9.92. The van der Waals surface area contributed by atoms with Gasteiger partial charge in [-0.2, -0.15) is 0 Å². The Morgan fingerprint density at radius 1 is 1.46 bits per heavy atom. The summed E-state index contributed by atoms with van der Waals surface area (Å²) in [6.07, 6.45) is 6.42. The molecule has 0 aliphatic heterocycles. The quantitative estimate of drug-likeness (QED) is 0.268. The van der Waals surface area contributed by atoms with Crippen LogP contribution in [0.4, 0.5) is 0 Å². The summed E-state index contributed by atoms with van der Waals surface area (Å²) in [5.41, 5.74) is 0. The van der Waals surface area contributed by atoms with Crippen LogP contribution >= 0.6 is 0 Å². The van der Waals surface area contributed by atoms with Crippen LogP contribution in [0.2, 0.25) is 0 Å². The minimum Gasteiger partial charge on any atom is -0.550 e. The molecule has 0 rings (SSSR count). The van der Waals surface area contributed by atoms with Gasteiger partial charge in [-0.05, 0) is 12.8 Å². The van der Waals surface area contributed by atoms with Crippen LogP contribution in [0, 0.1) is 0 Å². The van der Waals surface area contributed by atoms with Crippen LogP contribution in [0.3, 0.4) is 0 Å². The Labute approximate surface area is 102 Å². The van der Waals surface area contributed by atoms with E-state index in [0.29, 0.717) is 6.54 Å². The Bertz CT molecular complexity index is 149. The van der Waals surface area contributed by atoms with E-state index in [9.17, 15) is 9.90 Å². The van der Waals surface area contributed by atoms with E-state index in [1.807, 2.05) is 6.08 Å². The smallest absolute Gasteiger partial charge is 0.550 e. The van der Waals surface area contributed by atoms with Gasteiger partial charge in [-0.1, -0.05) is 25.5 Å². The van der Waals surface area contributed by atoms with E-state index >= 15 is 0 Å². The molecule has 0 spiro atoms. The second kappa shape index (κ2) is 12.2. The number of hydrogen-bond donors (Lipinski definition) is 1. The Kier molecular flexibility index (Phi) is 14.6. The van der Waals surface area contributed by atoms with Crippen molar-refractivity contribution in [2.75, 3.05) is 13.1 Å². The van der Waals surface area contributed by atoms with Gasteiger partial charge < -0.3 is 15.2 Å². The topological polar surface area (TPSA) is 52.2 Å². The van der Waals surface area contributed by atoms with Gasteiger partial charge >= 0.3 is 29.6 Å². The maximum Gasteiger partial charge on any atom is 1.00 e. The minimum atomic E-state index is -1.000. The van der Waals surface area contributed by atoms with Crippen molar-refractivity contribution in [1.82, 2.24) is 5.32 Å². The number of hydrogen-bond acceptors (Lipinski definition) is 3. The van der Waals surface area contributed by atoms with E-state index in [4.69, 9.17) is 0 Å². The molecule has 0 unspecified atom stereocenters. The van der Waals surface area contributed by atoms with Crippen LogP contribution in [0.15, 0.2) is 12.2 Å². The SMILES string of the molecule is CCCC=CCNCCC(=O)[O-].[Na+]. The fraction of sp³-hybridized carbons (Fsp3) is 0.667. The standard InChI is InChI=1S/C9H17NO2.Na/c1-2-3-4-5-7-10-8-6-9(11)12;/h4-5,10H,2-3,6-8H2,1H3,(H,11,12);/q;+1/p-1. The third kappa shape index (κ3) is 15.0.